The first-order valence-electron chi connectivity index (χ1n) is 7.17. The number of piperidine rings is 1. The Morgan fingerprint density at radius 2 is 1.65 bits per heavy atom. The van der Waals surface area contributed by atoms with E-state index in [4.69, 9.17) is 0 Å². The third kappa shape index (κ3) is 3.27. The fourth-order valence-corrected chi connectivity index (χ4v) is 2.48. The summed E-state index contributed by atoms with van der Waals surface area (Å²) in [5, 5.41) is 5.22. The first-order valence-corrected chi connectivity index (χ1v) is 7.17. The molecule has 112 valence electrons. The predicted octanol–water partition coefficient (Wildman–Crippen LogP) is 1.57. The van der Waals surface area contributed by atoms with Crippen molar-refractivity contribution < 1.29 is 0 Å². The summed E-state index contributed by atoms with van der Waals surface area (Å²) in [5.74, 6) is 1.81. The summed E-state index contributed by atoms with van der Waals surface area (Å²) in [7, 11) is 5.65. The van der Waals surface area contributed by atoms with Crippen molar-refractivity contribution >= 4 is 17.8 Å². The van der Waals surface area contributed by atoms with Crippen molar-refractivity contribution in [3.8, 4) is 0 Å². The zero-order valence-corrected chi connectivity index (χ0v) is 13.0. The molecule has 0 aromatic carbocycles. The lowest BCUT2D eigenvalue weighted by atomic mass is 10.00. The third-order valence-corrected chi connectivity index (χ3v) is 3.67. The minimum Gasteiger partial charge on any atom is -0.357 e. The molecular formula is C13H25N7. The fraction of sp³-hybridized carbons (Fsp3) is 0.769. The van der Waals surface area contributed by atoms with E-state index in [1.807, 2.05) is 26.0 Å². The summed E-state index contributed by atoms with van der Waals surface area (Å²) in [5.41, 5.74) is 3.35. The van der Waals surface area contributed by atoms with E-state index >= 15 is 0 Å². The molecule has 0 saturated carbocycles. The molecule has 7 nitrogen and oxygen atoms in total. The number of rotatable bonds is 4. The highest BCUT2D eigenvalue weighted by atomic mass is 15.6. The van der Waals surface area contributed by atoms with Gasteiger partial charge in [-0.3, -0.25) is 5.43 Å². The summed E-state index contributed by atoms with van der Waals surface area (Å²) in [6, 6.07) is 0.965. The second-order valence-corrected chi connectivity index (χ2v) is 5.58. The molecule has 0 amide bonds. The van der Waals surface area contributed by atoms with Crippen molar-refractivity contribution in [1.29, 1.82) is 0 Å². The van der Waals surface area contributed by atoms with Crippen LogP contribution in [0.3, 0.4) is 0 Å². The van der Waals surface area contributed by atoms with Crippen LogP contribution in [0.4, 0.5) is 17.8 Å². The van der Waals surface area contributed by atoms with Gasteiger partial charge in [-0.1, -0.05) is 6.42 Å². The standard InChI is InChI=1S/C13H25N7/c1-9-7-6-8-10(2)20(9)18-12-15-11(14-3)16-13(17-12)19(4)5/h9-10H,6-8H2,1-5H3,(H2,14,15,16,17,18). The van der Waals surface area contributed by atoms with Crippen LogP contribution < -0.4 is 15.6 Å². The summed E-state index contributed by atoms with van der Waals surface area (Å²) in [6.07, 6.45) is 3.67. The molecule has 2 N–H and O–H groups in total. The summed E-state index contributed by atoms with van der Waals surface area (Å²) < 4.78 is 0. The van der Waals surface area contributed by atoms with E-state index in [2.05, 4.69) is 44.6 Å². The zero-order chi connectivity index (χ0) is 14.7. The van der Waals surface area contributed by atoms with Crippen LogP contribution in [0.2, 0.25) is 0 Å². The van der Waals surface area contributed by atoms with Gasteiger partial charge in [0.15, 0.2) is 0 Å². The molecule has 1 fully saturated rings. The molecule has 0 bridgehead atoms. The average Bonchev–Trinajstić information content (AvgIpc) is 2.42. The van der Waals surface area contributed by atoms with Crippen molar-refractivity contribution in [1.82, 2.24) is 20.0 Å². The van der Waals surface area contributed by atoms with Crippen LogP contribution in [-0.4, -0.2) is 53.2 Å². The van der Waals surface area contributed by atoms with Crippen LogP contribution in [0.5, 0.6) is 0 Å². The zero-order valence-electron chi connectivity index (χ0n) is 13.0. The molecule has 0 aliphatic carbocycles. The summed E-state index contributed by atoms with van der Waals surface area (Å²) >= 11 is 0. The SMILES string of the molecule is CNc1nc(NN2C(C)CCCC2C)nc(N(C)C)n1. The molecule has 0 spiro atoms. The second-order valence-electron chi connectivity index (χ2n) is 5.58. The van der Waals surface area contributed by atoms with E-state index in [0.717, 1.165) is 0 Å². The Hall–Kier alpha value is -1.63. The number of hydrazine groups is 1. The fourth-order valence-electron chi connectivity index (χ4n) is 2.48. The maximum Gasteiger partial charge on any atom is 0.244 e. The molecule has 0 radical (unpaired) electrons. The summed E-state index contributed by atoms with van der Waals surface area (Å²) in [6.45, 7) is 4.46. The first-order chi connectivity index (χ1) is 9.51. The van der Waals surface area contributed by atoms with Crippen LogP contribution in [0.1, 0.15) is 33.1 Å². The summed E-state index contributed by atoms with van der Waals surface area (Å²) in [4.78, 5) is 15.0. The Kier molecular flexibility index (Phi) is 4.59. The normalized spacial score (nSPS) is 23.4. The molecule has 1 aliphatic rings. The van der Waals surface area contributed by atoms with Gasteiger partial charge in [-0.05, 0) is 26.7 Å². The largest absolute Gasteiger partial charge is 0.357 e. The minimum atomic E-state index is 0.483. The van der Waals surface area contributed by atoms with Crippen LogP contribution in [0.25, 0.3) is 0 Å². The van der Waals surface area contributed by atoms with Gasteiger partial charge in [0.25, 0.3) is 0 Å². The maximum absolute atomic E-state index is 4.45. The topological polar surface area (TPSA) is 69.2 Å². The highest BCUT2D eigenvalue weighted by molar-refractivity contribution is 5.42. The Bertz CT molecular complexity index is 438. The molecule has 1 aromatic heterocycles. The van der Waals surface area contributed by atoms with Crippen molar-refractivity contribution in [2.75, 3.05) is 36.8 Å². The van der Waals surface area contributed by atoms with Gasteiger partial charge in [-0.15, -0.1) is 0 Å². The van der Waals surface area contributed by atoms with E-state index < -0.39 is 0 Å². The molecule has 1 aromatic rings. The lowest BCUT2D eigenvalue weighted by Crippen LogP contribution is -2.47. The minimum absolute atomic E-state index is 0.483. The number of aromatic nitrogens is 3. The molecule has 2 heterocycles. The Morgan fingerprint density at radius 1 is 1.05 bits per heavy atom. The van der Waals surface area contributed by atoms with E-state index in [9.17, 15) is 0 Å². The molecular weight excluding hydrogens is 254 g/mol. The van der Waals surface area contributed by atoms with E-state index in [1.165, 1.54) is 19.3 Å². The molecule has 2 atom stereocenters. The van der Waals surface area contributed by atoms with Gasteiger partial charge in [0.05, 0.1) is 0 Å². The molecule has 20 heavy (non-hydrogen) atoms. The Labute approximate surface area is 120 Å². The van der Waals surface area contributed by atoms with Crippen LogP contribution in [0.15, 0.2) is 0 Å². The molecule has 1 aliphatic heterocycles. The lowest BCUT2D eigenvalue weighted by Gasteiger charge is -2.38. The van der Waals surface area contributed by atoms with Gasteiger partial charge in [0.1, 0.15) is 0 Å². The molecule has 7 heteroatoms. The van der Waals surface area contributed by atoms with Crippen LogP contribution in [0, 0.1) is 0 Å². The quantitative estimate of drug-likeness (QED) is 0.867. The third-order valence-electron chi connectivity index (χ3n) is 3.67. The number of hydrogen-bond donors (Lipinski definition) is 2. The van der Waals surface area contributed by atoms with Gasteiger partial charge in [-0.25, -0.2) is 5.01 Å². The highest BCUT2D eigenvalue weighted by Crippen LogP contribution is 2.23. The average molecular weight is 279 g/mol. The molecule has 2 unspecified atom stereocenters. The number of anilines is 3. The first kappa shape index (κ1) is 14.8. The van der Waals surface area contributed by atoms with Crippen molar-refractivity contribution in [3.05, 3.63) is 0 Å². The van der Waals surface area contributed by atoms with E-state index in [-0.39, 0.29) is 0 Å². The van der Waals surface area contributed by atoms with Gasteiger partial charge in [0.2, 0.25) is 17.8 Å². The number of hydrogen-bond acceptors (Lipinski definition) is 7. The maximum atomic E-state index is 4.45. The van der Waals surface area contributed by atoms with Gasteiger partial charge in [0, 0.05) is 33.2 Å². The monoisotopic (exact) mass is 279 g/mol. The van der Waals surface area contributed by atoms with Gasteiger partial charge in [-0.2, -0.15) is 15.0 Å². The van der Waals surface area contributed by atoms with Gasteiger partial charge >= 0.3 is 0 Å². The van der Waals surface area contributed by atoms with Crippen molar-refractivity contribution in [3.63, 3.8) is 0 Å². The molecule has 2 rings (SSSR count). The predicted molar refractivity (Wildman–Crippen MR) is 81.9 cm³/mol. The van der Waals surface area contributed by atoms with Crippen LogP contribution in [-0.2, 0) is 0 Å². The highest BCUT2D eigenvalue weighted by Gasteiger charge is 2.25. The Morgan fingerprint density at radius 3 is 2.20 bits per heavy atom. The van der Waals surface area contributed by atoms with E-state index in [1.54, 1.807) is 0 Å². The van der Waals surface area contributed by atoms with Crippen molar-refractivity contribution in [2.45, 2.75) is 45.2 Å². The molecule has 1 saturated heterocycles. The Balaban J connectivity index is 2.21. The van der Waals surface area contributed by atoms with Crippen LogP contribution >= 0.6 is 0 Å². The smallest absolute Gasteiger partial charge is 0.244 e. The van der Waals surface area contributed by atoms with E-state index in [0.29, 0.717) is 29.9 Å². The lowest BCUT2D eigenvalue weighted by molar-refractivity contribution is 0.134. The van der Waals surface area contributed by atoms with Crippen molar-refractivity contribution in [2.24, 2.45) is 0 Å². The number of nitrogens with zero attached hydrogens (tertiary/aromatic N) is 5. The second kappa shape index (κ2) is 6.21. The van der Waals surface area contributed by atoms with Gasteiger partial charge < -0.3 is 10.2 Å². The number of nitrogens with one attached hydrogen (secondary N) is 2.